The second-order valence-electron chi connectivity index (χ2n) is 7.88. The molecule has 3 amide bonds. The maximum atomic E-state index is 12.4. The number of piperidine rings is 2. The lowest BCUT2D eigenvalue weighted by Gasteiger charge is -2.47. The highest BCUT2D eigenvalue weighted by atomic mass is 16.2. The minimum Gasteiger partial charge on any atom is -0.339 e. The molecule has 25 heavy (non-hydrogen) atoms. The molecule has 0 radical (unpaired) electrons. The fourth-order valence-corrected chi connectivity index (χ4v) is 4.24. The summed E-state index contributed by atoms with van der Waals surface area (Å²) in [5.41, 5.74) is 1.36. The van der Waals surface area contributed by atoms with E-state index >= 15 is 0 Å². The van der Waals surface area contributed by atoms with Crippen LogP contribution in [0.4, 0.5) is 4.79 Å². The van der Waals surface area contributed by atoms with Crippen LogP contribution < -0.4 is 5.32 Å². The molecule has 3 aliphatic rings. The van der Waals surface area contributed by atoms with Crippen LogP contribution in [0.25, 0.3) is 0 Å². The quantitative estimate of drug-likeness (QED) is 0.919. The van der Waals surface area contributed by atoms with E-state index in [1.165, 1.54) is 12.8 Å². The van der Waals surface area contributed by atoms with Gasteiger partial charge in [-0.25, -0.2) is 4.79 Å². The van der Waals surface area contributed by atoms with Crippen molar-refractivity contribution in [3.63, 3.8) is 0 Å². The van der Waals surface area contributed by atoms with Crippen LogP contribution in [0.1, 0.15) is 44.1 Å². The third kappa shape index (κ3) is 3.65. The smallest absolute Gasteiger partial charge is 0.317 e. The largest absolute Gasteiger partial charge is 0.339 e. The summed E-state index contributed by atoms with van der Waals surface area (Å²) >= 11 is 0. The van der Waals surface area contributed by atoms with Crippen LogP contribution in [-0.2, 0) is 11.3 Å². The van der Waals surface area contributed by atoms with E-state index in [4.69, 9.17) is 0 Å². The third-order valence-electron chi connectivity index (χ3n) is 6.08. The SMILES string of the molecule is O=C(NCc1ccccc1)N1CCC2(CCC(=O)N(C3CC3)C2)CC1. The summed E-state index contributed by atoms with van der Waals surface area (Å²) in [7, 11) is 0. The minimum atomic E-state index is 0.0321. The molecule has 1 aliphatic carbocycles. The molecule has 2 heterocycles. The van der Waals surface area contributed by atoms with Crippen molar-refractivity contribution in [2.24, 2.45) is 5.41 Å². The Labute approximate surface area is 149 Å². The summed E-state index contributed by atoms with van der Waals surface area (Å²) in [6.07, 6.45) is 6.07. The standard InChI is InChI=1S/C20H27N3O2/c24-18-8-9-20(15-23(18)17-6-7-17)10-12-22(13-11-20)19(25)21-14-16-4-2-1-3-5-16/h1-5,17H,6-15H2,(H,21,25). The average molecular weight is 341 g/mol. The number of urea groups is 1. The van der Waals surface area contributed by atoms with Gasteiger partial charge in [0.2, 0.25) is 5.91 Å². The topological polar surface area (TPSA) is 52.7 Å². The Kier molecular flexibility index (Phi) is 4.40. The molecule has 1 spiro atoms. The molecular weight excluding hydrogens is 314 g/mol. The number of carbonyl (C=O) groups excluding carboxylic acids is 2. The minimum absolute atomic E-state index is 0.0321. The number of hydrogen-bond acceptors (Lipinski definition) is 2. The van der Waals surface area contributed by atoms with Gasteiger partial charge in [0.25, 0.3) is 0 Å². The van der Waals surface area contributed by atoms with Crippen LogP contribution in [0.5, 0.6) is 0 Å². The van der Waals surface area contributed by atoms with E-state index in [0.29, 0.717) is 24.9 Å². The molecule has 1 saturated carbocycles. The zero-order valence-corrected chi connectivity index (χ0v) is 14.7. The molecule has 0 aromatic heterocycles. The maximum Gasteiger partial charge on any atom is 0.317 e. The highest BCUT2D eigenvalue weighted by molar-refractivity contribution is 5.78. The van der Waals surface area contributed by atoms with Crippen LogP contribution >= 0.6 is 0 Å². The Hall–Kier alpha value is -2.04. The molecule has 2 saturated heterocycles. The van der Waals surface area contributed by atoms with Crippen LogP contribution in [0.15, 0.2) is 30.3 Å². The Morgan fingerprint density at radius 1 is 1.12 bits per heavy atom. The van der Waals surface area contributed by atoms with Crippen molar-refractivity contribution in [2.45, 2.75) is 51.1 Å². The summed E-state index contributed by atoms with van der Waals surface area (Å²) in [6.45, 7) is 3.09. The molecule has 1 aromatic carbocycles. The van der Waals surface area contributed by atoms with Crippen molar-refractivity contribution in [3.05, 3.63) is 35.9 Å². The van der Waals surface area contributed by atoms with Crippen molar-refractivity contribution in [2.75, 3.05) is 19.6 Å². The molecule has 5 nitrogen and oxygen atoms in total. The van der Waals surface area contributed by atoms with Gasteiger partial charge in [-0.15, -0.1) is 0 Å². The monoisotopic (exact) mass is 341 g/mol. The van der Waals surface area contributed by atoms with Gasteiger partial charge in [-0.3, -0.25) is 4.79 Å². The Balaban J connectivity index is 1.29. The van der Waals surface area contributed by atoms with E-state index in [0.717, 1.165) is 44.5 Å². The van der Waals surface area contributed by atoms with E-state index in [1.54, 1.807) is 0 Å². The zero-order chi connectivity index (χ0) is 17.3. The summed E-state index contributed by atoms with van der Waals surface area (Å²) in [5, 5.41) is 3.03. The summed E-state index contributed by atoms with van der Waals surface area (Å²) < 4.78 is 0. The number of rotatable bonds is 3. The van der Waals surface area contributed by atoms with Gasteiger partial charge in [-0.2, -0.15) is 0 Å². The summed E-state index contributed by atoms with van der Waals surface area (Å²) in [4.78, 5) is 28.6. The predicted octanol–water partition coefficient (Wildman–Crippen LogP) is 2.76. The number of likely N-dealkylation sites (tertiary alicyclic amines) is 2. The maximum absolute atomic E-state index is 12.4. The number of hydrogen-bond donors (Lipinski definition) is 1. The van der Waals surface area contributed by atoms with Gasteiger partial charge in [0, 0.05) is 38.6 Å². The van der Waals surface area contributed by atoms with Crippen LogP contribution in [0.2, 0.25) is 0 Å². The van der Waals surface area contributed by atoms with Gasteiger partial charge in [0.1, 0.15) is 0 Å². The molecule has 1 N–H and O–H groups in total. The molecule has 2 aliphatic heterocycles. The number of nitrogens with one attached hydrogen (secondary N) is 1. The van der Waals surface area contributed by atoms with E-state index in [2.05, 4.69) is 10.2 Å². The van der Waals surface area contributed by atoms with Gasteiger partial charge in [-0.05, 0) is 43.1 Å². The first kappa shape index (κ1) is 16.4. The van der Waals surface area contributed by atoms with Crippen LogP contribution in [0.3, 0.4) is 0 Å². The fraction of sp³-hybridized carbons (Fsp3) is 0.600. The average Bonchev–Trinajstić information content (AvgIpc) is 3.49. The van der Waals surface area contributed by atoms with Crippen molar-refractivity contribution in [3.8, 4) is 0 Å². The van der Waals surface area contributed by atoms with Crippen LogP contribution in [0, 0.1) is 5.41 Å². The van der Waals surface area contributed by atoms with Gasteiger partial charge in [-0.1, -0.05) is 30.3 Å². The number of amides is 3. The first-order valence-corrected chi connectivity index (χ1v) is 9.51. The Bertz CT molecular complexity index is 634. The third-order valence-corrected chi connectivity index (χ3v) is 6.08. The van der Waals surface area contributed by atoms with Gasteiger partial charge in [0.05, 0.1) is 0 Å². The molecule has 134 valence electrons. The molecule has 0 bridgehead atoms. The van der Waals surface area contributed by atoms with Crippen molar-refractivity contribution < 1.29 is 9.59 Å². The molecule has 0 unspecified atom stereocenters. The lowest BCUT2D eigenvalue weighted by Crippen LogP contribution is -2.54. The van der Waals surface area contributed by atoms with E-state index in [-0.39, 0.29) is 11.4 Å². The van der Waals surface area contributed by atoms with E-state index < -0.39 is 0 Å². The van der Waals surface area contributed by atoms with E-state index in [1.807, 2.05) is 35.2 Å². The Morgan fingerprint density at radius 3 is 2.52 bits per heavy atom. The number of benzene rings is 1. The second kappa shape index (κ2) is 6.70. The second-order valence-corrected chi connectivity index (χ2v) is 7.88. The van der Waals surface area contributed by atoms with Crippen molar-refractivity contribution >= 4 is 11.9 Å². The first-order valence-electron chi connectivity index (χ1n) is 9.51. The normalized spacial score (nSPS) is 23.0. The number of carbonyl (C=O) groups is 2. The first-order chi connectivity index (χ1) is 12.2. The van der Waals surface area contributed by atoms with Crippen LogP contribution in [-0.4, -0.2) is 47.4 Å². The summed E-state index contributed by atoms with van der Waals surface area (Å²) in [6, 6.07) is 10.6. The zero-order valence-electron chi connectivity index (χ0n) is 14.7. The molecular formula is C20H27N3O2. The molecule has 1 aromatic rings. The lowest BCUT2D eigenvalue weighted by atomic mass is 9.72. The summed E-state index contributed by atoms with van der Waals surface area (Å²) in [5.74, 6) is 0.344. The van der Waals surface area contributed by atoms with Crippen molar-refractivity contribution in [1.82, 2.24) is 15.1 Å². The predicted molar refractivity (Wildman–Crippen MR) is 95.9 cm³/mol. The van der Waals surface area contributed by atoms with Crippen molar-refractivity contribution in [1.29, 1.82) is 0 Å². The molecule has 0 atom stereocenters. The highest BCUT2D eigenvalue weighted by Gasteiger charge is 2.45. The highest BCUT2D eigenvalue weighted by Crippen LogP contribution is 2.43. The fourth-order valence-electron chi connectivity index (χ4n) is 4.24. The molecule has 3 fully saturated rings. The molecule has 5 heteroatoms. The van der Waals surface area contributed by atoms with Gasteiger partial charge in [0.15, 0.2) is 0 Å². The Morgan fingerprint density at radius 2 is 1.84 bits per heavy atom. The molecule has 4 rings (SSSR count). The van der Waals surface area contributed by atoms with Gasteiger partial charge >= 0.3 is 6.03 Å². The van der Waals surface area contributed by atoms with E-state index in [9.17, 15) is 9.59 Å². The van der Waals surface area contributed by atoms with Gasteiger partial charge < -0.3 is 15.1 Å². The lowest BCUT2D eigenvalue weighted by molar-refractivity contribution is -0.139. The number of nitrogens with zero attached hydrogens (tertiary/aromatic N) is 2.